The Morgan fingerprint density at radius 1 is 1.40 bits per heavy atom. The normalized spacial score (nSPS) is 24.6. The summed E-state index contributed by atoms with van der Waals surface area (Å²) in [5.74, 6) is -0.944. The van der Waals surface area contributed by atoms with Gasteiger partial charge in [0.25, 0.3) is 0 Å². The summed E-state index contributed by atoms with van der Waals surface area (Å²) in [5.41, 5.74) is 0. The summed E-state index contributed by atoms with van der Waals surface area (Å²) in [7, 11) is -1.96. The standard InChI is InChI=1S/C14H27NO4Si/c1-8-18-13(17)11-10(12(16)15-11)9(2)19-20(6,7)14(3,4)5/h9-11H,8H2,1-7H3,(H,15,16)/t9-,10-,11+/m0/s1. The molecule has 1 aliphatic rings. The Kier molecular flexibility index (Phi) is 5.02. The Hall–Kier alpha value is -0.883. The SMILES string of the molecule is CCOC(=O)[C@@H]1NC(=O)[C@H]1[C@H](C)O[Si](C)(C)C(C)(C)C. The van der Waals surface area contributed by atoms with Crippen LogP contribution in [0.3, 0.4) is 0 Å². The first-order chi connectivity index (χ1) is 9.01. The highest BCUT2D eigenvalue weighted by Gasteiger charge is 2.50. The van der Waals surface area contributed by atoms with Gasteiger partial charge in [0, 0.05) is 0 Å². The number of amides is 1. The summed E-state index contributed by atoms with van der Waals surface area (Å²) in [5, 5.41) is 2.68. The summed E-state index contributed by atoms with van der Waals surface area (Å²) in [6.45, 7) is 14.7. The molecule has 6 heteroatoms. The molecule has 0 unspecified atom stereocenters. The molecule has 0 aliphatic carbocycles. The fourth-order valence-electron chi connectivity index (χ4n) is 2.03. The second-order valence-electron chi connectivity index (χ2n) is 6.85. The molecule has 0 aromatic heterocycles. The lowest BCUT2D eigenvalue weighted by molar-refractivity contribution is -0.161. The highest BCUT2D eigenvalue weighted by atomic mass is 28.4. The lowest BCUT2D eigenvalue weighted by atomic mass is 9.86. The zero-order valence-electron chi connectivity index (χ0n) is 13.6. The molecule has 0 spiro atoms. The van der Waals surface area contributed by atoms with E-state index in [0.717, 1.165) is 0 Å². The van der Waals surface area contributed by atoms with Crippen LogP contribution in [0, 0.1) is 5.92 Å². The summed E-state index contributed by atoms with van der Waals surface area (Å²) in [6, 6.07) is -0.567. The Morgan fingerprint density at radius 2 is 1.95 bits per heavy atom. The molecule has 3 atom stereocenters. The molecule has 5 nitrogen and oxygen atoms in total. The van der Waals surface area contributed by atoms with Gasteiger partial charge in [-0.05, 0) is 32.0 Å². The van der Waals surface area contributed by atoms with Crippen LogP contribution in [0.1, 0.15) is 34.6 Å². The molecule has 116 valence electrons. The van der Waals surface area contributed by atoms with E-state index in [0.29, 0.717) is 6.61 Å². The van der Waals surface area contributed by atoms with Gasteiger partial charge in [0.2, 0.25) is 5.91 Å². The van der Waals surface area contributed by atoms with Crippen LogP contribution in [0.5, 0.6) is 0 Å². The molecule has 0 bridgehead atoms. The zero-order valence-corrected chi connectivity index (χ0v) is 14.6. The molecule has 1 fully saturated rings. The van der Waals surface area contributed by atoms with Crippen molar-refractivity contribution < 1.29 is 18.8 Å². The third-order valence-corrected chi connectivity index (χ3v) is 8.87. The summed E-state index contributed by atoms with van der Waals surface area (Å²) >= 11 is 0. The average molecular weight is 301 g/mol. The van der Waals surface area contributed by atoms with E-state index in [2.05, 4.69) is 39.2 Å². The van der Waals surface area contributed by atoms with E-state index in [9.17, 15) is 9.59 Å². The number of hydrogen-bond donors (Lipinski definition) is 1. The van der Waals surface area contributed by atoms with Gasteiger partial charge in [-0.1, -0.05) is 20.8 Å². The third kappa shape index (κ3) is 3.41. The fraction of sp³-hybridized carbons (Fsp3) is 0.857. The number of rotatable bonds is 5. The molecule has 20 heavy (non-hydrogen) atoms. The number of nitrogens with one attached hydrogen (secondary N) is 1. The van der Waals surface area contributed by atoms with Crippen molar-refractivity contribution in [2.24, 2.45) is 5.92 Å². The van der Waals surface area contributed by atoms with E-state index < -0.39 is 20.3 Å². The monoisotopic (exact) mass is 301 g/mol. The van der Waals surface area contributed by atoms with Gasteiger partial charge < -0.3 is 14.5 Å². The van der Waals surface area contributed by atoms with Crippen LogP contribution >= 0.6 is 0 Å². The van der Waals surface area contributed by atoms with Crippen molar-refractivity contribution in [1.29, 1.82) is 0 Å². The van der Waals surface area contributed by atoms with Crippen molar-refractivity contribution in [3.8, 4) is 0 Å². The first-order valence-electron chi connectivity index (χ1n) is 7.16. The van der Waals surface area contributed by atoms with Crippen LogP contribution in [0.2, 0.25) is 18.1 Å². The number of carbonyl (C=O) groups excluding carboxylic acids is 2. The summed E-state index contributed by atoms with van der Waals surface area (Å²) < 4.78 is 11.2. The Balaban J connectivity index is 2.73. The highest BCUT2D eigenvalue weighted by molar-refractivity contribution is 6.74. The van der Waals surface area contributed by atoms with Gasteiger partial charge in [-0.25, -0.2) is 4.79 Å². The minimum Gasteiger partial charge on any atom is -0.464 e. The van der Waals surface area contributed by atoms with Gasteiger partial charge in [-0.2, -0.15) is 0 Å². The second-order valence-corrected chi connectivity index (χ2v) is 11.6. The van der Waals surface area contributed by atoms with Gasteiger partial charge >= 0.3 is 5.97 Å². The van der Waals surface area contributed by atoms with Crippen LogP contribution < -0.4 is 5.32 Å². The predicted octanol–water partition coefficient (Wildman–Crippen LogP) is 2.07. The Bertz CT molecular complexity index is 389. The third-order valence-electron chi connectivity index (χ3n) is 4.29. The Labute approximate surface area is 122 Å². The quantitative estimate of drug-likeness (QED) is 0.480. The molecule has 0 radical (unpaired) electrons. The van der Waals surface area contributed by atoms with E-state index in [-0.39, 0.29) is 23.0 Å². The fourth-order valence-corrected chi connectivity index (χ4v) is 3.46. The van der Waals surface area contributed by atoms with Gasteiger partial charge in [0.15, 0.2) is 8.32 Å². The average Bonchev–Trinajstić information content (AvgIpc) is 2.23. The molecular weight excluding hydrogens is 274 g/mol. The van der Waals surface area contributed by atoms with E-state index in [1.165, 1.54) is 0 Å². The topological polar surface area (TPSA) is 64.6 Å². The van der Waals surface area contributed by atoms with Crippen LogP contribution in [0.15, 0.2) is 0 Å². The maximum absolute atomic E-state index is 11.8. The number of β-lactam (4-membered cyclic amide) rings is 1. The van der Waals surface area contributed by atoms with Crippen LogP contribution in [0.4, 0.5) is 0 Å². The number of carbonyl (C=O) groups is 2. The van der Waals surface area contributed by atoms with E-state index in [1.54, 1.807) is 6.92 Å². The summed E-state index contributed by atoms with van der Waals surface area (Å²) in [4.78, 5) is 23.5. The van der Waals surface area contributed by atoms with Gasteiger partial charge in [0.1, 0.15) is 6.04 Å². The molecule has 1 N–H and O–H groups in total. The highest BCUT2D eigenvalue weighted by Crippen LogP contribution is 2.39. The van der Waals surface area contributed by atoms with Gasteiger partial charge in [0.05, 0.1) is 18.6 Å². The maximum Gasteiger partial charge on any atom is 0.329 e. The molecule has 0 aromatic rings. The number of esters is 1. The van der Waals surface area contributed by atoms with Crippen molar-refractivity contribution in [1.82, 2.24) is 5.32 Å². The zero-order chi connectivity index (χ0) is 15.7. The van der Waals surface area contributed by atoms with E-state index >= 15 is 0 Å². The van der Waals surface area contributed by atoms with Crippen molar-refractivity contribution in [3.05, 3.63) is 0 Å². The first-order valence-corrected chi connectivity index (χ1v) is 10.1. The second kappa shape index (κ2) is 5.85. The largest absolute Gasteiger partial charge is 0.464 e. The summed E-state index contributed by atoms with van der Waals surface area (Å²) in [6.07, 6.45) is -0.279. The maximum atomic E-state index is 11.8. The smallest absolute Gasteiger partial charge is 0.329 e. The lowest BCUT2D eigenvalue weighted by Crippen LogP contribution is -2.67. The molecule has 1 saturated heterocycles. The number of hydrogen-bond acceptors (Lipinski definition) is 4. The van der Waals surface area contributed by atoms with Crippen LogP contribution in [-0.4, -0.2) is 38.9 Å². The van der Waals surface area contributed by atoms with Crippen molar-refractivity contribution in [2.45, 2.75) is 64.9 Å². The molecule has 1 rings (SSSR count). The van der Waals surface area contributed by atoms with E-state index in [1.807, 2.05) is 6.92 Å². The lowest BCUT2D eigenvalue weighted by Gasteiger charge is -2.44. The van der Waals surface area contributed by atoms with Crippen LogP contribution in [0.25, 0.3) is 0 Å². The van der Waals surface area contributed by atoms with Crippen LogP contribution in [-0.2, 0) is 18.8 Å². The predicted molar refractivity (Wildman–Crippen MR) is 79.8 cm³/mol. The van der Waals surface area contributed by atoms with E-state index in [4.69, 9.17) is 9.16 Å². The van der Waals surface area contributed by atoms with Crippen molar-refractivity contribution >= 4 is 20.2 Å². The molecule has 1 amide bonds. The first kappa shape index (κ1) is 17.2. The van der Waals surface area contributed by atoms with Gasteiger partial charge in [-0.3, -0.25) is 4.79 Å². The molecule has 1 heterocycles. The minimum absolute atomic E-state index is 0.0703. The molecule has 1 aliphatic heterocycles. The minimum atomic E-state index is -1.96. The molecular formula is C14H27NO4Si. The van der Waals surface area contributed by atoms with Crippen molar-refractivity contribution in [3.63, 3.8) is 0 Å². The molecule has 0 aromatic carbocycles. The number of ether oxygens (including phenoxy) is 1. The van der Waals surface area contributed by atoms with Crippen molar-refractivity contribution in [2.75, 3.05) is 6.61 Å². The van der Waals surface area contributed by atoms with Gasteiger partial charge in [-0.15, -0.1) is 0 Å². The molecule has 0 saturated carbocycles. The Morgan fingerprint density at radius 3 is 2.35 bits per heavy atom.